The first-order valence-electron chi connectivity index (χ1n) is 9.70. The molecule has 1 fully saturated rings. The molecule has 1 aliphatic rings. The van der Waals surface area contributed by atoms with Crippen molar-refractivity contribution in [1.29, 1.82) is 0 Å². The summed E-state index contributed by atoms with van der Waals surface area (Å²) in [6, 6.07) is 17.9. The molecule has 4 nitrogen and oxygen atoms in total. The lowest BCUT2D eigenvalue weighted by Gasteiger charge is -2.35. The van der Waals surface area contributed by atoms with Gasteiger partial charge in [0, 0.05) is 37.6 Å². The van der Waals surface area contributed by atoms with Crippen LogP contribution < -0.4 is 5.32 Å². The summed E-state index contributed by atoms with van der Waals surface area (Å²) >= 11 is 7.75. The predicted octanol–water partition coefficient (Wildman–Crippen LogP) is 3.93. The van der Waals surface area contributed by atoms with E-state index in [9.17, 15) is 4.79 Å². The van der Waals surface area contributed by atoms with Crippen LogP contribution in [0.4, 0.5) is 0 Å². The number of halogens is 1. The highest BCUT2D eigenvalue weighted by atomic mass is 35.5. The number of hydrogen-bond donors (Lipinski definition) is 1. The van der Waals surface area contributed by atoms with E-state index in [4.69, 9.17) is 11.6 Å². The van der Waals surface area contributed by atoms with Gasteiger partial charge in [-0.25, -0.2) is 0 Å². The Morgan fingerprint density at radius 1 is 1.07 bits per heavy atom. The van der Waals surface area contributed by atoms with Gasteiger partial charge in [0.2, 0.25) is 5.91 Å². The van der Waals surface area contributed by atoms with Crippen LogP contribution >= 0.6 is 23.4 Å². The quantitative estimate of drug-likeness (QED) is 0.692. The summed E-state index contributed by atoms with van der Waals surface area (Å²) in [5, 5.41) is 3.73. The van der Waals surface area contributed by atoms with Crippen molar-refractivity contribution in [3.63, 3.8) is 0 Å². The number of carbonyl (C=O) groups is 1. The van der Waals surface area contributed by atoms with Gasteiger partial charge in [-0.1, -0.05) is 54.1 Å². The number of rotatable bonds is 7. The number of piperazine rings is 1. The molecule has 1 saturated heterocycles. The Morgan fingerprint density at radius 3 is 2.39 bits per heavy atom. The van der Waals surface area contributed by atoms with Gasteiger partial charge in [-0.05, 0) is 31.7 Å². The van der Waals surface area contributed by atoms with Gasteiger partial charge in [0.15, 0.2) is 0 Å². The van der Waals surface area contributed by atoms with Crippen molar-refractivity contribution in [1.82, 2.24) is 15.1 Å². The number of benzene rings is 2. The molecule has 0 aliphatic carbocycles. The van der Waals surface area contributed by atoms with Crippen LogP contribution in [0.5, 0.6) is 0 Å². The van der Waals surface area contributed by atoms with Crippen molar-refractivity contribution in [2.45, 2.75) is 23.1 Å². The lowest BCUT2D eigenvalue weighted by Crippen LogP contribution is -2.48. The maximum Gasteiger partial charge on any atom is 0.233 e. The maximum absolute atomic E-state index is 12.9. The van der Waals surface area contributed by atoms with Gasteiger partial charge in [0.25, 0.3) is 0 Å². The Bertz CT molecular complexity index is 765. The average molecular weight is 418 g/mol. The molecule has 6 heteroatoms. The fourth-order valence-electron chi connectivity index (χ4n) is 3.28. The second-order valence-electron chi connectivity index (χ2n) is 7.27. The first-order chi connectivity index (χ1) is 13.5. The topological polar surface area (TPSA) is 35.6 Å². The van der Waals surface area contributed by atoms with E-state index in [0.717, 1.165) is 43.2 Å². The fourth-order valence-corrected chi connectivity index (χ4v) is 4.44. The third kappa shape index (κ3) is 5.98. The molecule has 2 aromatic rings. The van der Waals surface area contributed by atoms with Crippen molar-refractivity contribution in [2.24, 2.45) is 0 Å². The molecule has 1 N–H and O–H groups in total. The molecule has 1 heterocycles. The van der Waals surface area contributed by atoms with Crippen LogP contribution in [0.2, 0.25) is 5.02 Å². The third-order valence-electron chi connectivity index (χ3n) is 5.06. The lowest BCUT2D eigenvalue weighted by atomic mass is 10.1. The smallest absolute Gasteiger partial charge is 0.233 e. The van der Waals surface area contributed by atoms with Gasteiger partial charge < -0.3 is 10.2 Å². The largest absolute Gasteiger partial charge is 0.347 e. The molecular formula is C22H28ClN3OS. The van der Waals surface area contributed by atoms with Crippen LogP contribution in [0.3, 0.4) is 0 Å². The van der Waals surface area contributed by atoms with Crippen LogP contribution in [0, 0.1) is 0 Å². The first kappa shape index (κ1) is 21.2. The van der Waals surface area contributed by atoms with Crippen molar-refractivity contribution in [3.05, 3.63) is 65.2 Å². The number of carbonyl (C=O) groups excluding carboxylic acids is 1. The van der Waals surface area contributed by atoms with Crippen LogP contribution in [0.15, 0.2) is 59.5 Å². The molecule has 0 bridgehead atoms. The monoisotopic (exact) mass is 417 g/mol. The van der Waals surface area contributed by atoms with Gasteiger partial charge in [-0.15, -0.1) is 11.8 Å². The Hall–Kier alpha value is -1.53. The van der Waals surface area contributed by atoms with Crippen molar-refractivity contribution < 1.29 is 4.79 Å². The standard InChI is InChI=1S/C22H28ClN3OS/c1-17(28-21-11-7-6-10-19(21)23)22(27)24-20(18-8-4-3-5-9-18)16-26-14-12-25(2)13-15-26/h3-11,17,20H,12-16H2,1-2H3,(H,24,27). The molecule has 1 amide bonds. The van der Waals surface area contributed by atoms with Gasteiger partial charge in [-0.2, -0.15) is 0 Å². The van der Waals surface area contributed by atoms with Crippen LogP contribution in [0.25, 0.3) is 0 Å². The summed E-state index contributed by atoms with van der Waals surface area (Å²) in [5.41, 5.74) is 1.14. The fraction of sp³-hybridized carbons (Fsp3) is 0.409. The number of thioether (sulfide) groups is 1. The average Bonchev–Trinajstić information content (AvgIpc) is 2.71. The van der Waals surface area contributed by atoms with Gasteiger partial charge in [0.1, 0.15) is 0 Å². The maximum atomic E-state index is 12.9. The molecular weight excluding hydrogens is 390 g/mol. The number of nitrogens with one attached hydrogen (secondary N) is 1. The second kappa shape index (κ2) is 10.3. The number of hydrogen-bond acceptors (Lipinski definition) is 4. The summed E-state index contributed by atoms with van der Waals surface area (Å²) in [5.74, 6) is 0.0351. The molecule has 2 aromatic carbocycles. The second-order valence-corrected chi connectivity index (χ2v) is 9.06. The van der Waals surface area contributed by atoms with E-state index < -0.39 is 0 Å². The van der Waals surface area contributed by atoms with Crippen LogP contribution in [-0.4, -0.2) is 60.7 Å². The molecule has 1 aliphatic heterocycles. The van der Waals surface area contributed by atoms with Gasteiger partial charge in [-0.3, -0.25) is 9.69 Å². The summed E-state index contributed by atoms with van der Waals surface area (Å²) < 4.78 is 0. The molecule has 2 unspecified atom stereocenters. The Morgan fingerprint density at radius 2 is 1.71 bits per heavy atom. The summed E-state index contributed by atoms with van der Waals surface area (Å²) in [6.07, 6.45) is 0. The van der Waals surface area contributed by atoms with E-state index in [1.165, 1.54) is 11.8 Å². The van der Waals surface area contributed by atoms with E-state index in [1.807, 2.05) is 49.4 Å². The first-order valence-corrected chi connectivity index (χ1v) is 11.0. The lowest BCUT2D eigenvalue weighted by molar-refractivity contribution is -0.121. The predicted molar refractivity (Wildman–Crippen MR) is 118 cm³/mol. The number of nitrogens with zero attached hydrogens (tertiary/aromatic N) is 2. The zero-order valence-electron chi connectivity index (χ0n) is 16.5. The zero-order valence-corrected chi connectivity index (χ0v) is 18.0. The molecule has 28 heavy (non-hydrogen) atoms. The summed E-state index contributed by atoms with van der Waals surface area (Å²) in [6.45, 7) is 6.94. The minimum Gasteiger partial charge on any atom is -0.347 e. The van der Waals surface area contributed by atoms with E-state index in [0.29, 0.717) is 5.02 Å². The minimum atomic E-state index is -0.224. The van der Waals surface area contributed by atoms with Crippen molar-refractivity contribution >= 4 is 29.3 Å². The zero-order chi connectivity index (χ0) is 19.9. The van der Waals surface area contributed by atoms with E-state index in [2.05, 4.69) is 34.3 Å². The third-order valence-corrected chi connectivity index (χ3v) is 6.68. The van der Waals surface area contributed by atoms with Crippen molar-refractivity contribution in [2.75, 3.05) is 39.8 Å². The van der Waals surface area contributed by atoms with Crippen LogP contribution in [0.1, 0.15) is 18.5 Å². The normalized spacial score (nSPS) is 17.8. The van der Waals surface area contributed by atoms with Gasteiger partial charge in [0.05, 0.1) is 16.3 Å². The molecule has 3 rings (SSSR count). The van der Waals surface area contributed by atoms with Gasteiger partial charge >= 0.3 is 0 Å². The Labute approximate surface area is 177 Å². The molecule has 0 radical (unpaired) electrons. The van der Waals surface area contributed by atoms with E-state index in [-0.39, 0.29) is 17.2 Å². The molecule has 0 spiro atoms. The number of amides is 1. The summed E-state index contributed by atoms with van der Waals surface area (Å²) in [4.78, 5) is 18.6. The van der Waals surface area contributed by atoms with Crippen LogP contribution in [-0.2, 0) is 4.79 Å². The molecule has 0 saturated carbocycles. The molecule has 150 valence electrons. The Balaban J connectivity index is 1.66. The minimum absolute atomic E-state index is 0.0219. The molecule has 2 atom stereocenters. The summed E-state index contributed by atoms with van der Waals surface area (Å²) in [7, 11) is 2.15. The highest BCUT2D eigenvalue weighted by Crippen LogP contribution is 2.30. The highest BCUT2D eigenvalue weighted by Gasteiger charge is 2.24. The SMILES string of the molecule is CC(Sc1ccccc1Cl)C(=O)NC(CN1CCN(C)CC1)c1ccccc1. The van der Waals surface area contributed by atoms with E-state index in [1.54, 1.807) is 0 Å². The number of likely N-dealkylation sites (N-methyl/N-ethyl adjacent to an activating group) is 1. The van der Waals surface area contributed by atoms with Crippen molar-refractivity contribution in [3.8, 4) is 0 Å². The Kier molecular flexibility index (Phi) is 7.80. The molecule has 0 aromatic heterocycles. The van der Waals surface area contributed by atoms with E-state index >= 15 is 0 Å². The highest BCUT2D eigenvalue weighted by molar-refractivity contribution is 8.00.